The van der Waals surface area contributed by atoms with Crippen molar-refractivity contribution in [2.45, 2.75) is 17.9 Å². The third-order valence-electron chi connectivity index (χ3n) is 4.26. The van der Waals surface area contributed by atoms with Crippen LogP contribution in [-0.2, 0) is 5.75 Å². The van der Waals surface area contributed by atoms with Crippen LogP contribution < -0.4 is 5.56 Å². The molecule has 0 bridgehead atoms. The van der Waals surface area contributed by atoms with E-state index in [1.165, 1.54) is 11.3 Å². The summed E-state index contributed by atoms with van der Waals surface area (Å²) < 4.78 is 0. The van der Waals surface area contributed by atoms with Crippen LogP contribution in [0.15, 0.2) is 52.0 Å². The zero-order valence-electron chi connectivity index (χ0n) is 14.4. The van der Waals surface area contributed by atoms with Gasteiger partial charge in [-0.15, -0.1) is 34.4 Å². The third-order valence-corrected chi connectivity index (χ3v) is 7.24. The number of aromatic nitrogens is 2. The standard InChI is InChI=1S/C20H15N3OS3/c1-12(26-10-14-6-3-2-5-13(14)9-21)18-22-19(24)17-15(11-27-20(17)23-18)16-7-4-8-25-16/h2-8,11-12H,10H2,1H3,(H,22,23,24)/t12-/m1/s1. The topological polar surface area (TPSA) is 69.5 Å². The van der Waals surface area contributed by atoms with E-state index in [-0.39, 0.29) is 10.8 Å². The molecule has 7 heteroatoms. The van der Waals surface area contributed by atoms with Gasteiger partial charge >= 0.3 is 0 Å². The second-order valence-corrected chi connectivity index (χ2v) is 9.12. The fraction of sp³-hybridized carbons (Fsp3) is 0.150. The first-order valence-corrected chi connectivity index (χ1v) is 11.1. The van der Waals surface area contributed by atoms with Gasteiger partial charge in [0.2, 0.25) is 0 Å². The van der Waals surface area contributed by atoms with Gasteiger partial charge in [-0.2, -0.15) is 5.26 Å². The first-order chi connectivity index (χ1) is 13.2. The van der Waals surface area contributed by atoms with Gasteiger partial charge in [-0.25, -0.2) is 4.98 Å². The Bertz CT molecular complexity index is 1190. The molecule has 0 radical (unpaired) electrons. The molecule has 4 nitrogen and oxygen atoms in total. The fourth-order valence-corrected chi connectivity index (χ4v) is 5.54. The number of thiophene rings is 2. The van der Waals surface area contributed by atoms with Crippen LogP contribution in [0.5, 0.6) is 0 Å². The van der Waals surface area contributed by atoms with E-state index in [0.29, 0.717) is 22.5 Å². The minimum absolute atomic E-state index is 0.0149. The number of nitriles is 1. The molecule has 0 aliphatic carbocycles. The highest BCUT2D eigenvalue weighted by Gasteiger charge is 2.17. The molecule has 0 fully saturated rings. The first kappa shape index (κ1) is 18.0. The Morgan fingerprint density at radius 3 is 2.89 bits per heavy atom. The number of thioether (sulfide) groups is 1. The zero-order valence-corrected chi connectivity index (χ0v) is 16.9. The molecule has 0 aliphatic rings. The van der Waals surface area contributed by atoms with Crippen molar-refractivity contribution in [1.82, 2.24) is 9.97 Å². The molecular formula is C20H15N3OS3. The molecule has 3 heterocycles. The lowest BCUT2D eigenvalue weighted by atomic mass is 10.1. The van der Waals surface area contributed by atoms with Crippen molar-refractivity contribution in [3.05, 3.63) is 74.5 Å². The summed E-state index contributed by atoms with van der Waals surface area (Å²) in [5.41, 5.74) is 2.54. The van der Waals surface area contributed by atoms with E-state index in [0.717, 1.165) is 20.8 Å². The molecule has 0 aliphatic heterocycles. The smallest absolute Gasteiger partial charge is 0.260 e. The Balaban J connectivity index is 1.61. The Morgan fingerprint density at radius 1 is 1.26 bits per heavy atom. The van der Waals surface area contributed by atoms with Crippen molar-refractivity contribution < 1.29 is 0 Å². The second-order valence-electron chi connectivity index (χ2n) is 5.98. The molecular weight excluding hydrogens is 394 g/mol. The minimum Gasteiger partial charge on any atom is -0.309 e. The lowest BCUT2D eigenvalue weighted by molar-refractivity contribution is 0.925. The van der Waals surface area contributed by atoms with Gasteiger partial charge in [0, 0.05) is 21.6 Å². The number of hydrogen-bond acceptors (Lipinski definition) is 6. The van der Waals surface area contributed by atoms with Crippen LogP contribution in [0.1, 0.15) is 29.1 Å². The van der Waals surface area contributed by atoms with E-state index in [9.17, 15) is 10.1 Å². The van der Waals surface area contributed by atoms with Gasteiger partial charge in [-0.1, -0.05) is 24.3 Å². The molecule has 4 rings (SSSR count). The molecule has 1 atom stereocenters. The maximum atomic E-state index is 12.7. The Kier molecular flexibility index (Phi) is 5.12. The molecule has 0 unspecified atom stereocenters. The van der Waals surface area contributed by atoms with E-state index in [4.69, 9.17) is 4.98 Å². The van der Waals surface area contributed by atoms with Crippen LogP contribution in [0, 0.1) is 11.3 Å². The second kappa shape index (κ2) is 7.69. The van der Waals surface area contributed by atoms with Crippen molar-refractivity contribution >= 4 is 44.7 Å². The van der Waals surface area contributed by atoms with Gasteiger partial charge in [-0.3, -0.25) is 4.79 Å². The predicted molar refractivity (Wildman–Crippen MR) is 114 cm³/mol. The Labute approximate surface area is 168 Å². The molecule has 27 heavy (non-hydrogen) atoms. The highest BCUT2D eigenvalue weighted by Crippen LogP contribution is 2.35. The summed E-state index contributed by atoms with van der Waals surface area (Å²) >= 11 is 4.78. The van der Waals surface area contributed by atoms with Gasteiger partial charge in [0.25, 0.3) is 5.56 Å². The number of nitrogens with zero attached hydrogens (tertiary/aromatic N) is 2. The maximum absolute atomic E-state index is 12.7. The van der Waals surface area contributed by atoms with Crippen LogP contribution in [-0.4, -0.2) is 9.97 Å². The number of aromatic amines is 1. The number of hydrogen-bond donors (Lipinski definition) is 1. The average molecular weight is 410 g/mol. The Hall–Kier alpha value is -2.40. The number of rotatable bonds is 5. The molecule has 3 aromatic heterocycles. The summed E-state index contributed by atoms with van der Waals surface area (Å²) in [7, 11) is 0. The van der Waals surface area contributed by atoms with E-state index < -0.39 is 0 Å². The highest BCUT2D eigenvalue weighted by atomic mass is 32.2. The summed E-state index contributed by atoms with van der Waals surface area (Å²) in [6, 6.07) is 13.8. The van der Waals surface area contributed by atoms with Gasteiger partial charge in [0.05, 0.1) is 22.3 Å². The summed E-state index contributed by atoms with van der Waals surface area (Å²) in [6.45, 7) is 2.03. The molecule has 0 saturated carbocycles. The van der Waals surface area contributed by atoms with E-state index in [1.807, 2.05) is 54.1 Å². The lowest BCUT2D eigenvalue weighted by Gasteiger charge is -2.11. The number of fused-ring (bicyclic) bond motifs is 1. The van der Waals surface area contributed by atoms with Crippen molar-refractivity contribution in [1.29, 1.82) is 5.26 Å². The summed E-state index contributed by atoms with van der Waals surface area (Å²) in [6.07, 6.45) is 0. The monoisotopic (exact) mass is 409 g/mol. The summed E-state index contributed by atoms with van der Waals surface area (Å²) in [5, 5.41) is 13.9. The van der Waals surface area contributed by atoms with Crippen molar-refractivity contribution in [3.63, 3.8) is 0 Å². The summed E-state index contributed by atoms with van der Waals surface area (Å²) in [5.74, 6) is 1.36. The fourth-order valence-electron chi connectivity index (χ4n) is 2.82. The maximum Gasteiger partial charge on any atom is 0.260 e. The normalized spacial score (nSPS) is 12.1. The molecule has 4 aromatic rings. The van der Waals surface area contributed by atoms with E-state index >= 15 is 0 Å². The van der Waals surface area contributed by atoms with Gasteiger partial charge in [-0.05, 0) is 30.0 Å². The highest BCUT2D eigenvalue weighted by molar-refractivity contribution is 7.98. The van der Waals surface area contributed by atoms with Crippen LogP contribution in [0.4, 0.5) is 0 Å². The van der Waals surface area contributed by atoms with E-state index in [1.54, 1.807) is 23.1 Å². The van der Waals surface area contributed by atoms with Crippen molar-refractivity contribution in [2.75, 3.05) is 0 Å². The predicted octanol–water partition coefficient (Wildman–Crippen LogP) is 5.58. The van der Waals surface area contributed by atoms with E-state index in [2.05, 4.69) is 11.1 Å². The number of benzene rings is 1. The lowest BCUT2D eigenvalue weighted by Crippen LogP contribution is -2.12. The summed E-state index contributed by atoms with van der Waals surface area (Å²) in [4.78, 5) is 22.2. The van der Waals surface area contributed by atoms with Crippen molar-refractivity contribution in [2.24, 2.45) is 0 Å². The number of H-pyrrole nitrogens is 1. The SMILES string of the molecule is C[C@@H](SCc1ccccc1C#N)c1nc2scc(-c3cccs3)c2c(=O)[nH]1. The van der Waals surface area contributed by atoms with Crippen LogP contribution in [0.2, 0.25) is 0 Å². The quantitative estimate of drug-likeness (QED) is 0.467. The van der Waals surface area contributed by atoms with Gasteiger partial charge in [0.15, 0.2) is 0 Å². The molecule has 0 saturated heterocycles. The Morgan fingerprint density at radius 2 is 2.11 bits per heavy atom. The molecule has 1 N–H and O–H groups in total. The molecule has 1 aromatic carbocycles. The number of nitrogens with one attached hydrogen (secondary N) is 1. The molecule has 0 amide bonds. The molecule has 0 spiro atoms. The van der Waals surface area contributed by atoms with Crippen molar-refractivity contribution in [3.8, 4) is 16.5 Å². The van der Waals surface area contributed by atoms with Crippen LogP contribution >= 0.6 is 34.4 Å². The first-order valence-electron chi connectivity index (χ1n) is 8.32. The zero-order chi connectivity index (χ0) is 18.8. The van der Waals surface area contributed by atoms with Gasteiger partial charge < -0.3 is 4.98 Å². The average Bonchev–Trinajstić information content (AvgIpc) is 3.35. The third kappa shape index (κ3) is 3.56. The van der Waals surface area contributed by atoms with Crippen LogP contribution in [0.3, 0.4) is 0 Å². The van der Waals surface area contributed by atoms with Crippen LogP contribution in [0.25, 0.3) is 20.7 Å². The minimum atomic E-state index is -0.0930. The molecule has 134 valence electrons. The largest absolute Gasteiger partial charge is 0.309 e. The van der Waals surface area contributed by atoms with Gasteiger partial charge in [0.1, 0.15) is 10.7 Å².